The number of nitriles is 1. The average Bonchev–Trinajstić information content (AvgIpc) is 3.12. The van der Waals surface area contributed by atoms with Crippen LogP contribution >= 0.6 is 0 Å². The lowest BCUT2D eigenvalue weighted by atomic mass is 10.2. The van der Waals surface area contributed by atoms with E-state index in [0.717, 1.165) is 38.3 Å². The van der Waals surface area contributed by atoms with Crippen molar-refractivity contribution < 1.29 is 9.47 Å². The Kier molecular flexibility index (Phi) is 6.88. The maximum atomic E-state index is 9.48. The van der Waals surface area contributed by atoms with Crippen LogP contribution in [-0.4, -0.2) is 48.9 Å². The molecule has 27 heavy (non-hydrogen) atoms. The summed E-state index contributed by atoms with van der Waals surface area (Å²) in [7, 11) is 0. The molecule has 1 saturated heterocycles. The number of para-hydroxylation sites is 1. The second kappa shape index (κ2) is 9.56. The molecular formula is C21H28N4O2. The van der Waals surface area contributed by atoms with E-state index in [0.29, 0.717) is 18.9 Å². The summed E-state index contributed by atoms with van der Waals surface area (Å²) in [4.78, 5) is 4.85. The Morgan fingerprint density at radius 2 is 1.70 bits per heavy atom. The van der Waals surface area contributed by atoms with Crippen LogP contribution < -0.4 is 4.90 Å². The van der Waals surface area contributed by atoms with E-state index in [-0.39, 0.29) is 0 Å². The zero-order valence-electron chi connectivity index (χ0n) is 16.2. The van der Waals surface area contributed by atoms with Crippen molar-refractivity contribution >= 4 is 5.69 Å². The molecule has 1 aromatic carbocycles. The van der Waals surface area contributed by atoms with Gasteiger partial charge in [0.1, 0.15) is 11.8 Å². The number of anilines is 1. The van der Waals surface area contributed by atoms with Crippen molar-refractivity contribution in [2.75, 3.05) is 44.3 Å². The van der Waals surface area contributed by atoms with Gasteiger partial charge >= 0.3 is 0 Å². The van der Waals surface area contributed by atoms with E-state index in [1.54, 1.807) is 4.57 Å². The topological polar surface area (TPSA) is 53.7 Å². The normalized spacial score (nSPS) is 15.3. The van der Waals surface area contributed by atoms with Gasteiger partial charge in [0.05, 0.1) is 0 Å². The van der Waals surface area contributed by atoms with E-state index < -0.39 is 6.41 Å². The summed E-state index contributed by atoms with van der Waals surface area (Å²) >= 11 is 0. The summed E-state index contributed by atoms with van der Waals surface area (Å²) in [6, 6.07) is 14.7. The lowest BCUT2D eigenvalue weighted by Gasteiger charge is -2.36. The van der Waals surface area contributed by atoms with Crippen LogP contribution in [0, 0.1) is 11.3 Å². The quantitative estimate of drug-likeness (QED) is 0.670. The van der Waals surface area contributed by atoms with Gasteiger partial charge in [-0.3, -0.25) is 9.47 Å². The first-order valence-electron chi connectivity index (χ1n) is 9.61. The van der Waals surface area contributed by atoms with Gasteiger partial charge in [0, 0.05) is 57.8 Å². The number of ether oxygens (including phenoxy) is 2. The standard InChI is InChI=1S/C21H28N4O2/c1-3-26-21(27-4-2)25-17-18(14-20(25)15-22)16-23-10-12-24(13-11-23)19-8-6-5-7-9-19/h5-9,14,17,21H,3-4,10-13,16H2,1-2H3. The Balaban J connectivity index is 1.62. The van der Waals surface area contributed by atoms with Gasteiger partial charge in [0.15, 0.2) is 0 Å². The number of nitrogens with zero attached hydrogens (tertiary/aromatic N) is 4. The molecule has 1 fully saturated rings. The third-order valence-electron chi connectivity index (χ3n) is 4.77. The highest BCUT2D eigenvalue weighted by molar-refractivity contribution is 5.46. The van der Waals surface area contributed by atoms with Crippen LogP contribution in [0.15, 0.2) is 42.6 Å². The van der Waals surface area contributed by atoms with Crippen LogP contribution in [0.1, 0.15) is 31.5 Å². The smallest absolute Gasteiger partial charge is 0.244 e. The fourth-order valence-electron chi connectivity index (χ4n) is 3.44. The van der Waals surface area contributed by atoms with Gasteiger partial charge in [-0.05, 0) is 37.6 Å². The van der Waals surface area contributed by atoms with Crippen molar-refractivity contribution in [1.82, 2.24) is 9.47 Å². The van der Waals surface area contributed by atoms with Crippen LogP contribution in [0.5, 0.6) is 0 Å². The summed E-state index contributed by atoms with van der Waals surface area (Å²) in [5.41, 5.74) is 2.97. The van der Waals surface area contributed by atoms with Gasteiger partial charge in [-0.15, -0.1) is 0 Å². The number of aromatic nitrogens is 1. The maximum Gasteiger partial charge on any atom is 0.244 e. The molecule has 0 bridgehead atoms. The number of benzene rings is 1. The zero-order valence-corrected chi connectivity index (χ0v) is 16.2. The van der Waals surface area contributed by atoms with Crippen LogP contribution in [0.3, 0.4) is 0 Å². The Morgan fingerprint density at radius 3 is 2.30 bits per heavy atom. The van der Waals surface area contributed by atoms with Crippen LogP contribution in [-0.2, 0) is 16.0 Å². The maximum absolute atomic E-state index is 9.48. The number of piperazine rings is 1. The SMILES string of the molecule is CCOC(OCC)n1cc(CN2CCN(c3ccccc3)CC2)cc1C#N. The third kappa shape index (κ3) is 4.89. The minimum atomic E-state index is -0.543. The molecule has 1 aromatic heterocycles. The van der Waals surface area contributed by atoms with Crippen LogP contribution in [0.25, 0.3) is 0 Å². The highest BCUT2D eigenvalue weighted by Gasteiger charge is 2.20. The van der Waals surface area contributed by atoms with Gasteiger partial charge < -0.3 is 14.4 Å². The molecule has 6 nitrogen and oxygen atoms in total. The second-order valence-electron chi connectivity index (χ2n) is 6.57. The second-order valence-corrected chi connectivity index (χ2v) is 6.57. The molecular weight excluding hydrogens is 340 g/mol. The Bertz CT molecular complexity index is 739. The average molecular weight is 368 g/mol. The molecule has 2 heterocycles. The van der Waals surface area contributed by atoms with Crippen molar-refractivity contribution in [1.29, 1.82) is 5.26 Å². The highest BCUT2D eigenvalue weighted by Crippen LogP contribution is 2.21. The Labute approximate surface area is 161 Å². The monoisotopic (exact) mass is 368 g/mol. The van der Waals surface area contributed by atoms with Crippen molar-refractivity contribution in [3.8, 4) is 6.07 Å². The van der Waals surface area contributed by atoms with Crippen molar-refractivity contribution in [2.24, 2.45) is 0 Å². The summed E-state index contributed by atoms with van der Waals surface area (Å²) < 4.78 is 13.1. The summed E-state index contributed by atoms with van der Waals surface area (Å²) in [5, 5.41) is 9.48. The predicted molar refractivity (Wildman–Crippen MR) is 105 cm³/mol. The van der Waals surface area contributed by atoms with E-state index in [1.165, 1.54) is 5.69 Å². The number of hydrogen-bond donors (Lipinski definition) is 0. The number of hydrogen-bond acceptors (Lipinski definition) is 5. The minimum Gasteiger partial charge on any atom is -0.369 e. The Morgan fingerprint density at radius 1 is 1.04 bits per heavy atom. The van der Waals surface area contributed by atoms with Gasteiger partial charge in [-0.25, -0.2) is 0 Å². The third-order valence-corrected chi connectivity index (χ3v) is 4.77. The molecule has 144 valence electrons. The van der Waals surface area contributed by atoms with Gasteiger partial charge in [0.2, 0.25) is 6.41 Å². The molecule has 0 amide bonds. The first-order valence-corrected chi connectivity index (χ1v) is 9.61. The predicted octanol–water partition coefficient (Wildman–Crippen LogP) is 3.21. The molecule has 0 saturated carbocycles. The van der Waals surface area contributed by atoms with Crippen molar-refractivity contribution in [2.45, 2.75) is 26.8 Å². The molecule has 2 aromatic rings. The molecule has 1 aliphatic rings. The fraction of sp³-hybridized carbons (Fsp3) is 0.476. The van der Waals surface area contributed by atoms with Crippen LogP contribution in [0.4, 0.5) is 5.69 Å². The summed E-state index contributed by atoms with van der Waals surface area (Å²) in [6.07, 6.45) is 1.44. The molecule has 0 unspecified atom stereocenters. The molecule has 0 radical (unpaired) electrons. The summed E-state index contributed by atoms with van der Waals surface area (Å²) in [5.74, 6) is 0. The van der Waals surface area contributed by atoms with Crippen molar-refractivity contribution in [3.05, 3.63) is 53.9 Å². The molecule has 0 N–H and O–H groups in total. The molecule has 6 heteroatoms. The summed E-state index contributed by atoms with van der Waals surface area (Å²) in [6.45, 7) is 9.77. The molecule has 0 spiro atoms. The van der Waals surface area contributed by atoms with Crippen LogP contribution in [0.2, 0.25) is 0 Å². The van der Waals surface area contributed by atoms with E-state index in [9.17, 15) is 5.26 Å². The number of rotatable bonds is 8. The first kappa shape index (κ1) is 19.4. The molecule has 0 atom stereocenters. The first-order chi connectivity index (χ1) is 13.2. The van der Waals surface area contributed by atoms with Gasteiger partial charge in [0.25, 0.3) is 0 Å². The fourth-order valence-corrected chi connectivity index (χ4v) is 3.44. The Hall–Kier alpha value is -2.33. The molecule has 1 aliphatic heterocycles. The minimum absolute atomic E-state index is 0.532. The van der Waals surface area contributed by atoms with Gasteiger partial charge in [-0.2, -0.15) is 5.26 Å². The highest BCUT2D eigenvalue weighted by atomic mass is 16.7. The lowest BCUT2D eigenvalue weighted by Crippen LogP contribution is -2.45. The molecule has 0 aliphatic carbocycles. The van der Waals surface area contributed by atoms with Gasteiger partial charge in [-0.1, -0.05) is 18.2 Å². The zero-order chi connectivity index (χ0) is 19.1. The van der Waals surface area contributed by atoms with Crippen molar-refractivity contribution in [3.63, 3.8) is 0 Å². The molecule has 3 rings (SSSR count). The van der Waals surface area contributed by atoms with E-state index in [4.69, 9.17) is 9.47 Å². The lowest BCUT2D eigenvalue weighted by molar-refractivity contribution is -0.186. The van der Waals surface area contributed by atoms with E-state index >= 15 is 0 Å². The van der Waals surface area contributed by atoms with E-state index in [2.05, 4.69) is 46.2 Å². The largest absolute Gasteiger partial charge is 0.369 e. The van der Waals surface area contributed by atoms with E-state index in [1.807, 2.05) is 26.1 Å².